The van der Waals surface area contributed by atoms with Gasteiger partial charge < -0.3 is 14.0 Å². The highest BCUT2D eigenvalue weighted by Gasteiger charge is 2.40. The van der Waals surface area contributed by atoms with Crippen LogP contribution in [0.3, 0.4) is 0 Å². The first-order valence-electron chi connectivity index (χ1n) is 7.21. The SMILES string of the molecule is CCn1cc(C2CCC3(CC2)OCCO3)ccc1=O. The average Bonchev–Trinajstić information content (AvgIpc) is 2.89. The number of rotatable bonds is 2. The molecule has 1 aliphatic carbocycles. The second-order valence-corrected chi connectivity index (χ2v) is 5.47. The highest BCUT2D eigenvalue weighted by Crippen LogP contribution is 2.41. The van der Waals surface area contributed by atoms with Crippen LogP contribution < -0.4 is 5.56 Å². The molecule has 19 heavy (non-hydrogen) atoms. The van der Waals surface area contributed by atoms with Gasteiger partial charge in [0.1, 0.15) is 0 Å². The average molecular weight is 263 g/mol. The molecule has 104 valence electrons. The lowest BCUT2D eigenvalue weighted by Crippen LogP contribution is -2.34. The molecule has 1 aromatic heterocycles. The fourth-order valence-electron chi connectivity index (χ4n) is 3.22. The lowest BCUT2D eigenvalue weighted by molar-refractivity contribution is -0.178. The predicted octanol–water partition coefficient (Wildman–Crippen LogP) is 2.27. The van der Waals surface area contributed by atoms with E-state index in [-0.39, 0.29) is 11.3 Å². The van der Waals surface area contributed by atoms with Crippen molar-refractivity contribution in [3.63, 3.8) is 0 Å². The highest BCUT2D eigenvalue weighted by atomic mass is 16.7. The van der Waals surface area contributed by atoms with Crippen LogP contribution in [0.5, 0.6) is 0 Å². The lowest BCUT2D eigenvalue weighted by atomic mass is 9.81. The van der Waals surface area contributed by atoms with Crippen molar-refractivity contribution in [1.29, 1.82) is 0 Å². The van der Waals surface area contributed by atoms with Gasteiger partial charge in [-0.25, -0.2) is 0 Å². The molecule has 0 unspecified atom stereocenters. The highest BCUT2D eigenvalue weighted by molar-refractivity contribution is 5.17. The molecule has 1 spiro atoms. The zero-order valence-electron chi connectivity index (χ0n) is 11.4. The van der Waals surface area contributed by atoms with Crippen LogP contribution in [0.15, 0.2) is 23.1 Å². The Morgan fingerprint density at radius 3 is 2.58 bits per heavy atom. The normalized spacial score (nSPS) is 23.0. The molecule has 3 rings (SSSR count). The van der Waals surface area contributed by atoms with Crippen LogP contribution in [0.25, 0.3) is 0 Å². The van der Waals surface area contributed by atoms with Gasteiger partial charge in [-0.15, -0.1) is 0 Å². The van der Waals surface area contributed by atoms with Gasteiger partial charge in [0.05, 0.1) is 13.2 Å². The number of nitrogens with zero attached hydrogens (tertiary/aromatic N) is 1. The van der Waals surface area contributed by atoms with Crippen LogP contribution in [0.1, 0.15) is 44.1 Å². The summed E-state index contributed by atoms with van der Waals surface area (Å²) in [7, 11) is 0. The third kappa shape index (κ3) is 2.47. The molecule has 2 heterocycles. The van der Waals surface area contributed by atoms with E-state index in [0.29, 0.717) is 5.92 Å². The van der Waals surface area contributed by atoms with Crippen LogP contribution in [-0.4, -0.2) is 23.6 Å². The maximum atomic E-state index is 11.6. The largest absolute Gasteiger partial charge is 0.348 e. The predicted molar refractivity (Wildman–Crippen MR) is 72.2 cm³/mol. The first-order valence-corrected chi connectivity index (χ1v) is 7.21. The minimum Gasteiger partial charge on any atom is -0.348 e. The number of ether oxygens (including phenoxy) is 2. The topological polar surface area (TPSA) is 40.5 Å². The Balaban J connectivity index is 1.72. The third-order valence-electron chi connectivity index (χ3n) is 4.38. The Hall–Kier alpha value is -1.13. The molecule has 0 atom stereocenters. The van der Waals surface area contributed by atoms with Crippen molar-refractivity contribution in [2.24, 2.45) is 0 Å². The van der Waals surface area contributed by atoms with E-state index in [9.17, 15) is 4.79 Å². The second kappa shape index (κ2) is 5.10. The zero-order chi connectivity index (χ0) is 13.3. The van der Waals surface area contributed by atoms with Gasteiger partial charge in [0.25, 0.3) is 5.56 Å². The summed E-state index contributed by atoms with van der Waals surface area (Å²) >= 11 is 0. The van der Waals surface area contributed by atoms with Crippen molar-refractivity contribution < 1.29 is 9.47 Å². The Kier molecular flexibility index (Phi) is 3.46. The lowest BCUT2D eigenvalue weighted by Gasteiger charge is -2.35. The standard InChI is InChI=1S/C15H21NO3/c1-2-16-11-13(3-4-14(16)17)12-5-7-15(8-6-12)18-9-10-19-15/h3-4,11-12H,2,5-10H2,1H3. The van der Waals surface area contributed by atoms with E-state index >= 15 is 0 Å². The van der Waals surface area contributed by atoms with Gasteiger partial charge in [-0.3, -0.25) is 4.79 Å². The molecule has 1 saturated heterocycles. The molecular formula is C15H21NO3. The van der Waals surface area contributed by atoms with Crippen LogP contribution in [0.4, 0.5) is 0 Å². The molecule has 0 N–H and O–H groups in total. The van der Waals surface area contributed by atoms with Crippen molar-refractivity contribution in [3.8, 4) is 0 Å². The van der Waals surface area contributed by atoms with Crippen LogP contribution in [0, 0.1) is 0 Å². The van der Waals surface area contributed by atoms with Gasteiger partial charge in [-0.1, -0.05) is 6.07 Å². The molecule has 1 aliphatic heterocycles. The monoisotopic (exact) mass is 263 g/mol. The maximum absolute atomic E-state index is 11.6. The van der Waals surface area contributed by atoms with Crippen molar-refractivity contribution >= 4 is 0 Å². The molecule has 1 saturated carbocycles. The molecule has 4 heteroatoms. The summed E-state index contributed by atoms with van der Waals surface area (Å²) in [6.45, 7) is 4.19. The van der Waals surface area contributed by atoms with Gasteiger partial charge >= 0.3 is 0 Å². The van der Waals surface area contributed by atoms with Crippen LogP contribution in [-0.2, 0) is 16.0 Å². The van der Waals surface area contributed by atoms with Crippen molar-refractivity contribution in [1.82, 2.24) is 4.57 Å². The first kappa shape index (κ1) is 12.9. The molecule has 4 nitrogen and oxygen atoms in total. The van der Waals surface area contributed by atoms with Crippen molar-refractivity contribution in [2.75, 3.05) is 13.2 Å². The summed E-state index contributed by atoms with van der Waals surface area (Å²) in [5.74, 6) is 0.229. The smallest absolute Gasteiger partial charge is 0.250 e. The molecule has 0 amide bonds. The summed E-state index contributed by atoms with van der Waals surface area (Å²) < 4.78 is 13.3. The van der Waals surface area contributed by atoms with Gasteiger partial charge in [-0.05, 0) is 31.2 Å². The summed E-state index contributed by atoms with van der Waals surface area (Å²) in [6.07, 6.45) is 6.08. The van der Waals surface area contributed by atoms with Gasteiger partial charge in [0.15, 0.2) is 5.79 Å². The summed E-state index contributed by atoms with van der Waals surface area (Å²) in [4.78, 5) is 11.6. The van der Waals surface area contributed by atoms with Crippen molar-refractivity contribution in [2.45, 2.75) is 50.9 Å². The second-order valence-electron chi connectivity index (χ2n) is 5.47. The van der Waals surface area contributed by atoms with Crippen LogP contribution in [0.2, 0.25) is 0 Å². The summed E-state index contributed by atoms with van der Waals surface area (Å²) in [5.41, 5.74) is 1.36. The van der Waals surface area contributed by atoms with Crippen LogP contribution >= 0.6 is 0 Å². The molecular weight excluding hydrogens is 242 g/mol. The fourth-order valence-corrected chi connectivity index (χ4v) is 3.22. The van der Waals surface area contributed by atoms with E-state index in [1.165, 1.54) is 5.56 Å². The van der Waals surface area contributed by atoms with Gasteiger partial charge in [0, 0.05) is 31.6 Å². The number of pyridine rings is 1. The summed E-state index contributed by atoms with van der Waals surface area (Å²) in [5, 5.41) is 0. The fraction of sp³-hybridized carbons (Fsp3) is 0.667. The van der Waals surface area contributed by atoms with Crippen molar-refractivity contribution in [3.05, 3.63) is 34.2 Å². The zero-order valence-corrected chi connectivity index (χ0v) is 11.4. The Labute approximate surface area is 113 Å². The van der Waals surface area contributed by atoms with E-state index in [1.54, 1.807) is 10.6 Å². The number of aryl methyl sites for hydroxylation is 1. The quantitative estimate of drug-likeness (QED) is 0.822. The minimum atomic E-state index is -0.296. The number of hydrogen-bond acceptors (Lipinski definition) is 3. The van der Waals surface area contributed by atoms with E-state index in [1.807, 2.05) is 19.2 Å². The molecule has 1 aromatic rings. The van der Waals surface area contributed by atoms with E-state index in [0.717, 1.165) is 45.4 Å². The Morgan fingerprint density at radius 2 is 1.95 bits per heavy atom. The molecule has 0 bridgehead atoms. The van der Waals surface area contributed by atoms with E-state index in [2.05, 4.69) is 0 Å². The Bertz CT molecular complexity index is 492. The van der Waals surface area contributed by atoms with Gasteiger partial charge in [0.2, 0.25) is 0 Å². The number of hydrogen-bond donors (Lipinski definition) is 0. The molecule has 0 aromatic carbocycles. The maximum Gasteiger partial charge on any atom is 0.250 e. The third-order valence-corrected chi connectivity index (χ3v) is 4.38. The van der Waals surface area contributed by atoms with E-state index in [4.69, 9.17) is 9.47 Å². The molecule has 0 radical (unpaired) electrons. The Morgan fingerprint density at radius 1 is 1.26 bits per heavy atom. The number of aromatic nitrogens is 1. The first-order chi connectivity index (χ1) is 9.22. The minimum absolute atomic E-state index is 0.0842. The molecule has 2 fully saturated rings. The van der Waals surface area contributed by atoms with Gasteiger partial charge in [-0.2, -0.15) is 0 Å². The summed E-state index contributed by atoms with van der Waals surface area (Å²) in [6, 6.07) is 3.67. The van der Waals surface area contributed by atoms with E-state index < -0.39 is 0 Å². The molecule has 2 aliphatic rings.